The number of nitrogen functional groups attached to an aromatic ring is 1. The van der Waals surface area contributed by atoms with E-state index in [9.17, 15) is 0 Å². The molecule has 0 saturated heterocycles. The van der Waals surface area contributed by atoms with Crippen LogP contribution < -0.4 is 24.7 Å². The van der Waals surface area contributed by atoms with Gasteiger partial charge in [-0.25, -0.2) is 0 Å². The molecule has 0 aromatic heterocycles. The zero-order valence-electron chi connectivity index (χ0n) is 18.2. The molecule has 0 bridgehead atoms. The Bertz CT molecular complexity index is 974. The second-order valence-electron chi connectivity index (χ2n) is 6.98. The Kier molecular flexibility index (Phi) is 6.72. The maximum absolute atomic E-state index is 6.42. The van der Waals surface area contributed by atoms with Crippen molar-refractivity contribution >= 4 is 5.69 Å². The molecule has 2 N–H and O–H groups in total. The Hall–Kier alpha value is -3.34. The Labute approximate surface area is 178 Å². The predicted octanol–water partition coefficient (Wildman–Crippen LogP) is 5.51. The Morgan fingerprint density at radius 3 is 1.93 bits per heavy atom. The van der Waals surface area contributed by atoms with Crippen LogP contribution in [0.4, 0.5) is 5.69 Å². The molecular formula is C25H29NO4. The van der Waals surface area contributed by atoms with Crippen molar-refractivity contribution in [3.8, 4) is 34.1 Å². The van der Waals surface area contributed by atoms with Gasteiger partial charge in [-0.2, -0.15) is 0 Å². The van der Waals surface area contributed by atoms with Gasteiger partial charge in [0.05, 0.1) is 27.9 Å². The summed E-state index contributed by atoms with van der Waals surface area (Å²) in [4.78, 5) is 0. The summed E-state index contributed by atoms with van der Waals surface area (Å²) in [5.74, 6) is 2.81. The lowest BCUT2D eigenvalue weighted by Crippen LogP contribution is -2.02. The molecule has 0 heterocycles. The van der Waals surface area contributed by atoms with Crippen molar-refractivity contribution in [2.24, 2.45) is 0 Å². The largest absolute Gasteiger partial charge is 0.494 e. The molecular weight excluding hydrogens is 378 g/mol. The van der Waals surface area contributed by atoms with Crippen LogP contribution in [0, 0.1) is 0 Å². The number of hydrogen-bond donors (Lipinski definition) is 1. The van der Waals surface area contributed by atoms with Gasteiger partial charge in [0.15, 0.2) is 11.5 Å². The third kappa shape index (κ3) is 4.30. The third-order valence-corrected chi connectivity index (χ3v) is 5.24. The summed E-state index contributed by atoms with van der Waals surface area (Å²) in [6.45, 7) is 4.75. The monoisotopic (exact) mass is 407 g/mol. The topological polar surface area (TPSA) is 62.9 Å². The summed E-state index contributed by atoms with van der Waals surface area (Å²) in [7, 11) is 4.84. The Morgan fingerprint density at radius 1 is 0.800 bits per heavy atom. The third-order valence-electron chi connectivity index (χ3n) is 5.24. The number of rotatable bonds is 8. The van der Waals surface area contributed by atoms with Gasteiger partial charge in [-0.3, -0.25) is 0 Å². The van der Waals surface area contributed by atoms with Gasteiger partial charge >= 0.3 is 0 Å². The van der Waals surface area contributed by atoms with Gasteiger partial charge in [0.1, 0.15) is 5.75 Å². The molecule has 1 atom stereocenters. The first-order valence-electron chi connectivity index (χ1n) is 9.94. The van der Waals surface area contributed by atoms with E-state index in [1.807, 2.05) is 49.4 Å². The van der Waals surface area contributed by atoms with Gasteiger partial charge < -0.3 is 24.7 Å². The van der Waals surface area contributed by atoms with E-state index in [1.165, 1.54) is 0 Å². The van der Waals surface area contributed by atoms with Crippen LogP contribution in [0.1, 0.15) is 30.9 Å². The first-order chi connectivity index (χ1) is 14.5. The van der Waals surface area contributed by atoms with E-state index >= 15 is 0 Å². The highest BCUT2D eigenvalue weighted by Crippen LogP contribution is 2.41. The molecule has 5 nitrogen and oxygen atoms in total. The second kappa shape index (κ2) is 9.44. The van der Waals surface area contributed by atoms with Crippen LogP contribution in [0.25, 0.3) is 11.1 Å². The maximum Gasteiger partial charge on any atom is 0.203 e. The highest BCUT2D eigenvalue weighted by molar-refractivity contribution is 5.77. The highest BCUT2D eigenvalue weighted by Gasteiger charge is 2.18. The number of hydrogen-bond acceptors (Lipinski definition) is 5. The molecule has 3 aromatic carbocycles. The van der Waals surface area contributed by atoms with Gasteiger partial charge in [0.25, 0.3) is 0 Å². The van der Waals surface area contributed by atoms with Gasteiger partial charge in [-0.05, 0) is 53.9 Å². The van der Waals surface area contributed by atoms with Crippen molar-refractivity contribution in [2.75, 3.05) is 33.7 Å². The van der Waals surface area contributed by atoms with Crippen LogP contribution in [0.2, 0.25) is 0 Å². The molecule has 0 aliphatic carbocycles. The quantitative estimate of drug-likeness (QED) is 0.499. The van der Waals surface area contributed by atoms with Crippen molar-refractivity contribution in [2.45, 2.75) is 19.8 Å². The van der Waals surface area contributed by atoms with E-state index in [-0.39, 0.29) is 5.92 Å². The zero-order chi connectivity index (χ0) is 21.7. The fourth-order valence-corrected chi connectivity index (χ4v) is 3.55. The summed E-state index contributed by atoms with van der Waals surface area (Å²) in [6.07, 6.45) is 0. The van der Waals surface area contributed by atoms with E-state index in [4.69, 9.17) is 24.7 Å². The molecule has 0 aliphatic heterocycles. The van der Waals surface area contributed by atoms with Gasteiger partial charge in [0, 0.05) is 17.2 Å². The molecule has 0 radical (unpaired) electrons. The number of nitrogens with two attached hydrogens (primary N) is 1. The number of anilines is 1. The van der Waals surface area contributed by atoms with E-state index in [0.29, 0.717) is 23.9 Å². The van der Waals surface area contributed by atoms with Crippen molar-refractivity contribution in [1.82, 2.24) is 0 Å². The lowest BCUT2D eigenvalue weighted by Gasteiger charge is -2.19. The van der Waals surface area contributed by atoms with Gasteiger partial charge in [0.2, 0.25) is 5.75 Å². The highest BCUT2D eigenvalue weighted by atomic mass is 16.5. The van der Waals surface area contributed by atoms with Crippen LogP contribution in [-0.2, 0) is 0 Å². The molecule has 158 valence electrons. The number of ether oxygens (including phenoxy) is 4. The SMILES string of the molecule is CCOc1ccc(-c2ccc(C(C)c3cc(OC)c(OC)c(OC)c3)cc2N)cc1. The first kappa shape index (κ1) is 21.4. The van der Waals surface area contributed by atoms with E-state index in [0.717, 1.165) is 33.7 Å². The minimum atomic E-state index is 0.0930. The fraction of sp³-hybridized carbons (Fsp3) is 0.280. The van der Waals surface area contributed by atoms with Crippen LogP contribution in [-0.4, -0.2) is 27.9 Å². The second-order valence-corrected chi connectivity index (χ2v) is 6.98. The van der Waals surface area contributed by atoms with Crippen molar-refractivity contribution in [3.05, 3.63) is 65.7 Å². The molecule has 0 spiro atoms. The summed E-state index contributed by atoms with van der Waals surface area (Å²) in [5.41, 5.74) is 11.4. The lowest BCUT2D eigenvalue weighted by atomic mass is 9.90. The molecule has 3 rings (SSSR count). The summed E-state index contributed by atoms with van der Waals surface area (Å²) >= 11 is 0. The first-order valence-corrected chi connectivity index (χ1v) is 9.94. The summed E-state index contributed by atoms with van der Waals surface area (Å²) in [5, 5.41) is 0. The molecule has 30 heavy (non-hydrogen) atoms. The van der Waals surface area contributed by atoms with Crippen molar-refractivity contribution < 1.29 is 18.9 Å². The molecule has 3 aromatic rings. The molecule has 0 saturated carbocycles. The zero-order valence-corrected chi connectivity index (χ0v) is 18.2. The van der Waals surface area contributed by atoms with Gasteiger partial charge in [-0.1, -0.05) is 31.2 Å². The van der Waals surface area contributed by atoms with Crippen LogP contribution >= 0.6 is 0 Å². The smallest absolute Gasteiger partial charge is 0.203 e. The molecule has 1 unspecified atom stereocenters. The van der Waals surface area contributed by atoms with Crippen LogP contribution in [0.15, 0.2) is 54.6 Å². The molecule has 5 heteroatoms. The molecule has 0 fully saturated rings. The maximum atomic E-state index is 6.42. The van der Waals surface area contributed by atoms with Crippen molar-refractivity contribution in [1.29, 1.82) is 0 Å². The van der Waals surface area contributed by atoms with E-state index in [1.54, 1.807) is 21.3 Å². The summed E-state index contributed by atoms with van der Waals surface area (Å²) < 4.78 is 21.9. The normalized spacial score (nSPS) is 11.6. The fourth-order valence-electron chi connectivity index (χ4n) is 3.55. The van der Waals surface area contributed by atoms with Gasteiger partial charge in [-0.15, -0.1) is 0 Å². The standard InChI is InChI=1S/C25H29NO4/c1-6-30-20-10-7-17(8-11-20)21-12-9-18(13-22(21)26)16(2)19-14-23(27-3)25(29-5)24(15-19)28-4/h7-16H,6,26H2,1-5H3. The predicted molar refractivity (Wildman–Crippen MR) is 121 cm³/mol. The van der Waals surface area contributed by atoms with Crippen LogP contribution in [0.5, 0.6) is 23.0 Å². The summed E-state index contributed by atoms with van der Waals surface area (Å²) in [6, 6.07) is 18.1. The van der Waals surface area contributed by atoms with Crippen molar-refractivity contribution in [3.63, 3.8) is 0 Å². The molecule has 0 amide bonds. The number of benzene rings is 3. The minimum absolute atomic E-state index is 0.0930. The average Bonchev–Trinajstić information content (AvgIpc) is 2.78. The number of methoxy groups -OCH3 is 3. The Balaban J connectivity index is 1.92. The van der Waals surface area contributed by atoms with Crippen LogP contribution in [0.3, 0.4) is 0 Å². The Morgan fingerprint density at radius 2 is 1.43 bits per heavy atom. The minimum Gasteiger partial charge on any atom is -0.494 e. The van der Waals surface area contributed by atoms with E-state index in [2.05, 4.69) is 19.1 Å². The molecule has 0 aliphatic rings. The lowest BCUT2D eigenvalue weighted by molar-refractivity contribution is 0.323. The average molecular weight is 408 g/mol. The van der Waals surface area contributed by atoms with E-state index < -0.39 is 0 Å².